The van der Waals surface area contributed by atoms with Gasteiger partial charge in [-0.3, -0.25) is 0 Å². The summed E-state index contributed by atoms with van der Waals surface area (Å²) in [4.78, 5) is 0. The average molecular weight is 299 g/mol. The van der Waals surface area contributed by atoms with Gasteiger partial charge in [0.2, 0.25) is 0 Å². The van der Waals surface area contributed by atoms with E-state index in [0.717, 1.165) is 18.4 Å². The molecule has 1 aromatic rings. The molecule has 1 heterocycles. The van der Waals surface area contributed by atoms with Gasteiger partial charge in [0.25, 0.3) is 0 Å². The van der Waals surface area contributed by atoms with Crippen molar-refractivity contribution in [1.29, 1.82) is 0 Å². The minimum Gasteiger partial charge on any atom is -0.493 e. The predicted octanol–water partition coefficient (Wildman–Crippen LogP) is 1.37. The van der Waals surface area contributed by atoms with Crippen molar-refractivity contribution in [2.24, 2.45) is 0 Å². The third-order valence-electron chi connectivity index (χ3n) is 3.51. The molecule has 5 nitrogen and oxygen atoms in total. The van der Waals surface area contributed by atoms with Gasteiger partial charge in [-0.15, -0.1) is 0 Å². The maximum Gasteiger partial charge on any atom is 0.161 e. The number of hydrogen-bond acceptors (Lipinski definition) is 5. The molecule has 0 radical (unpaired) electrons. The highest BCUT2D eigenvalue weighted by molar-refractivity contribution is 7.91. The fourth-order valence-electron chi connectivity index (χ4n) is 2.44. The molecule has 0 aromatic heterocycles. The van der Waals surface area contributed by atoms with E-state index in [1.165, 1.54) is 0 Å². The number of nitrogens with one attached hydrogen (secondary N) is 1. The molecular formula is C14H21NO4S. The molecule has 0 bridgehead atoms. The monoisotopic (exact) mass is 299 g/mol. The molecule has 0 amide bonds. The molecular weight excluding hydrogens is 278 g/mol. The Labute approximate surface area is 120 Å². The van der Waals surface area contributed by atoms with Gasteiger partial charge in [0.15, 0.2) is 21.3 Å². The molecule has 1 saturated heterocycles. The lowest BCUT2D eigenvalue weighted by Gasteiger charge is -2.23. The van der Waals surface area contributed by atoms with Crippen LogP contribution in [0.2, 0.25) is 0 Å². The summed E-state index contributed by atoms with van der Waals surface area (Å²) in [5.74, 6) is 1.93. The number of rotatable bonds is 5. The third-order valence-corrected chi connectivity index (χ3v) is 5.33. The van der Waals surface area contributed by atoms with Crippen LogP contribution in [0.15, 0.2) is 18.2 Å². The van der Waals surface area contributed by atoms with E-state index in [9.17, 15) is 8.42 Å². The second-order valence-corrected chi connectivity index (χ2v) is 7.25. The van der Waals surface area contributed by atoms with Crippen LogP contribution in [0.5, 0.6) is 11.5 Å². The Hall–Kier alpha value is -1.27. The van der Waals surface area contributed by atoms with E-state index in [0.29, 0.717) is 23.8 Å². The molecule has 1 aliphatic heterocycles. The van der Waals surface area contributed by atoms with Gasteiger partial charge < -0.3 is 14.8 Å². The van der Waals surface area contributed by atoms with Crippen LogP contribution in [0.25, 0.3) is 0 Å². The molecule has 0 spiro atoms. The van der Waals surface area contributed by atoms with Crippen LogP contribution in [0, 0.1) is 0 Å². The Balaban J connectivity index is 1.97. The number of hydrogen-bond donors (Lipinski definition) is 1. The van der Waals surface area contributed by atoms with Gasteiger partial charge in [0.05, 0.1) is 25.7 Å². The summed E-state index contributed by atoms with van der Waals surface area (Å²) >= 11 is 0. The van der Waals surface area contributed by atoms with Crippen molar-refractivity contribution in [2.45, 2.75) is 25.4 Å². The third kappa shape index (κ3) is 3.86. The summed E-state index contributed by atoms with van der Waals surface area (Å²) in [6.45, 7) is 0.626. The van der Waals surface area contributed by atoms with E-state index in [1.807, 2.05) is 18.2 Å². The van der Waals surface area contributed by atoms with Gasteiger partial charge in [0.1, 0.15) is 0 Å². The van der Waals surface area contributed by atoms with Crippen LogP contribution in [0.3, 0.4) is 0 Å². The van der Waals surface area contributed by atoms with E-state index in [1.54, 1.807) is 14.2 Å². The highest BCUT2D eigenvalue weighted by atomic mass is 32.2. The summed E-state index contributed by atoms with van der Waals surface area (Å²) in [6.07, 6.45) is 1.65. The van der Waals surface area contributed by atoms with Gasteiger partial charge >= 0.3 is 0 Å². The summed E-state index contributed by atoms with van der Waals surface area (Å²) in [7, 11) is 0.333. The van der Waals surface area contributed by atoms with Crippen molar-refractivity contribution in [3.63, 3.8) is 0 Å². The lowest BCUT2D eigenvalue weighted by Crippen LogP contribution is -2.39. The quantitative estimate of drug-likeness (QED) is 0.889. The minimum absolute atomic E-state index is 0.0434. The summed E-state index contributed by atoms with van der Waals surface area (Å²) < 4.78 is 33.6. The molecule has 0 saturated carbocycles. The van der Waals surface area contributed by atoms with Crippen molar-refractivity contribution in [3.8, 4) is 11.5 Å². The molecule has 112 valence electrons. The van der Waals surface area contributed by atoms with Crippen molar-refractivity contribution in [2.75, 3.05) is 25.7 Å². The van der Waals surface area contributed by atoms with E-state index in [2.05, 4.69) is 5.32 Å². The van der Waals surface area contributed by atoms with Crippen molar-refractivity contribution in [3.05, 3.63) is 23.8 Å². The predicted molar refractivity (Wildman–Crippen MR) is 78.1 cm³/mol. The second kappa shape index (κ2) is 6.45. The average Bonchev–Trinajstić information content (AvgIpc) is 2.43. The summed E-state index contributed by atoms with van der Waals surface area (Å²) in [6, 6.07) is 5.75. The fraction of sp³-hybridized carbons (Fsp3) is 0.571. The first-order valence-electron chi connectivity index (χ1n) is 6.69. The van der Waals surface area contributed by atoms with E-state index < -0.39 is 9.84 Å². The smallest absolute Gasteiger partial charge is 0.161 e. The normalized spacial score (nSPS) is 21.4. The van der Waals surface area contributed by atoms with Crippen LogP contribution in [-0.4, -0.2) is 40.2 Å². The van der Waals surface area contributed by atoms with Crippen LogP contribution in [-0.2, 0) is 16.4 Å². The van der Waals surface area contributed by atoms with Crippen LogP contribution in [0.1, 0.15) is 18.4 Å². The van der Waals surface area contributed by atoms with Crippen molar-refractivity contribution < 1.29 is 17.9 Å². The molecule has 20 heavy (non-hydrogen) atoms. The zero-order valence-electron chi connectivity index (χ0n) is 11.9. The first-order valence-corrected chi connectivity index (χ1v) is 8.51. The van der Waals surface area contributed by atoms with Gasteiger partial charge in [-0.2, -0.15) is 0 Å². The molecule has 2 rings (SSSR count). The maximum atomic E-state index is 11.6. The maximum absolute atomic E-state index is 11.6. The van der Waals surface area contributed by atoms with Crippen LogP contribution >= 0.6 is 0 Å². The van der Waals surface area contributed by atoms with Crippen molar-refractivity contribution >= 4 is 9.84 Å². The first-order chi connectivity index (χ1) is 9.54. The zero-order chi connectivity index (χ0) is 14.6. The van der Waals surface area contributed by atoms with Gasteiger partial charge in [-0.1, -0.05) is 6.07 Å². The molecule has 0 aliphatic carbocycles. The Morgan fingerprint density at radius 3 is 2.65 bits per heavy atom. The number of methoxy groups -OCH3 is 2. The van der Waals surface area contributed by atoms with E-state index in [4.69, 9.17) is 9.47 Å². The van der Waals surface area contributed by atoms with Crippen LogP contribution < -0.4 is 14.8 Å². The van der Waals surface area contributed by atoms with E-state index in [-0.39, 0.29) is 11.8 Å². The van der Waals surface area contributed by atoms with Crippen molar-refractivity contribution in [1.82, 2.24) is 5.32 Å². The standard InChI is InChI=1S/C14H21NO4S/c1-18-13-6-5-11(8-14(13)19-2)9-15-12-4-3-7-20(16,17)10-12/h5-6,8,12,15H,3-4,7,9-10H2,1-2H3. The summed E-state index contributed by atoms with van der Waals surface area (Å²) in [5.41, 5.74) is 1.05. The zero-order valence-corrected chi connectivity index (χ0v) is 12.7. The number of ether oxygens (including phenoxy) is 2. The molecule has 6 heteroatoms. The molecule has 1 atom stereocenters. The Morgan fingerprint density at radius 1 is 1.25 bits per heavy atom. The van der Waals surface area contributed by atoms with Gasteiger partial charge in [-0.25, -0.2) is 8.42 Å². The van der Waals surface area contributed by atoms with Gasteiger partial charge in [0, 0.05) is 12.6 Å². The van der Waals surface area contributed by atoms with Gasteiger partial charge in [-0.05, 0) is 30.5 Å². The molecule has 1 fully saturated rings. The number of sulfone groups is 1. The van der Waals surface area contributed by atoms with Crippen LogP contribution in [0.4, 0.5) is 0 Å². The first kappa shape index (κ1) is 15.1. The highest BCUT2D eigenvalue weighted by Crippen LogP contribution is 2.27. The second-order valence-electron chi connectivity index (χ2n) is 5.02. The SMILES string of the molecule is COc1ccc(CNC2CCCS(=O)(=O)C2)cc1OC. The highest BCUT2D eigenvalue weighted by Gasteiger charge is 2.24. The molecule has 1 aliphatic rings. The Bertz CT molecular complexity index is 556. The molecule has 1 unspecified atom stereocenters. The lowest BCUT2D eigenvalue weighted by molar-refractivity contribution is 0.354. The lowest BCUT2D eigenvalue weighted by atomic mass is 10.1. The number of benzene rings is 1. The van der Waals surface area contributed by atoms with E-state index >= 15 is 0 Å². The Kier molecular flexibility index (Phi) is 4.88. The molecule has 1 N–H and O–H groups in total. The molecule has 1 aromatic carbocycles. The largest absolute Gasteiger partial charge is 0.493 e. The Morgan fingerprint density at radius 2 is 2.00 bits per heavy atom. The fourth-order valence-corrected chi connectivity index (χ4v) is 4.11. The minimum atomic E-state index is -2.87. The topological polar surface area (TPSA) is 64.6 Å². The summed E-state index contributed by atoms with van der Waals surface area (Å²) in [5, 5.41) is 3.31.